The molecule has 21 heavy (non-hydrogen) atoms. The number of halogens is 2. The fraction of sp³-hybridized carbons (Fsp3) is 0.600. The van der Waals surface area contributed by atoms with Crippen LogP contribution in [0.1, 0.15) is 38.5 Å². The summed E-state index contributed by atoms with van der Waals surface area (Å²) in [7, 11) is 0. The van der Waals surface area contributed by atoms with Gasteiger partial charge in [0.15, 0.2) is 0 Å². The third-order valence-corrected chi connectivity index (χ3v) is 5.93. The van der Waals surface area contributed by atoms with Gasteiger partial charge in [0, 0.05) is 16.8 Å². The predicted molar refractivity (Wildman–Crippen MR) is 90.2 cm³/mol. The number of nitrogens with zero attached hydrogens (tertiary/aromatic N) is 1. The van der Waals surface area contributed by atoms with Crippen LogP contribution in [0.3, 0.4) is 0 Å². The van der Waals surface area contributed by atoms with E-state index in [1.807, 2.05) is 0 Å². The Bertz CT molecular complexity index is 500. The molecule has 0 N–H and O–H groups in total. The van der Waals surface area contributed by atoms with Crippen molar-refractivity contribution in [2.75, 3.05) is 11.9 Å². The Balaban J connectivity index is 2.16. The Hall–Kier alpha value is -0.620. The SMILES string of the molecule is O=[N+]([O-])c1cccc(Br)c1OCC1(CBr)CCCCCC1. The fourth-order valence-corrected chi connectivity index (χ4v) is 4.00. The first kappa shape index (κ1) is 16.7. The molecule has 1 aromatic rings. The summed E-state index contributed by atoms with van der Waals surface area (Å²) in [4.78, 5) is 10.7. The smallest absolute Gasteiger partial charge is 0.312 e. The van der Waals surface area contributed by atoms with E-state index in [4.69, 9.17) is 4.74 Å². The van der Waals surface area contributed by atoms with Crippen LogP contribution in [-0.4, -0.2) is 16.9 Å². The van der Waals surface area contributed by atoms with E-state index in [1.165, 1.54) is 31.7 Å². The number of alkyl halides is 1. The predicted octanol–water partition coefficient (Wildman–Crippen LogP) is 5.47. The highest BCUT2D eigenvalue weighted by Gasteiger charge is 2.32. The van der Waals surface area contributed by atoms with Gasteiger partial charge in [-0.1, -0.05) is 47.7 Å². The first-order valence-corrected chi connectivity index (χ1v) is 9.11. The molecule has 0 bridgehead atoms. The van der Waals surface area contributed by atoms with Gasteiger partial charge in [-0.25, -0.2) is 0 Å². The molecule has 0 aromatic heterocycles. The largest absolute Gasteiger partial charge is 0.485 e. The van der Waals surface area contributed by atoms with Crippen LogP contribution in [-0.2, 0) is 0 Å². The highest BCUT2D eigenvalue weighted by molar-refractivity contribution is 9.10. The second kappa shape index (κ2) is 7.58. The molecule has 0 amide bonds. The second-order valence-corrected chi connectivity index (χ2v) is 7.10. The van der Waals surface area contributed by atoms with Crippen LogP contribution in [0.25, 0.3) is 0 Å². The average molecular weight is 421 g/mol. The minimum Gasteiger partial charge on any atom is -0.485 e. The van der Waals surface area contributed by atoms with E-state index < -0.39 is 4.92 Å². The van der Waals surface area contributed by atoms with Crippen LogP contribution < -0.4 is 4.74 Å². The Kier molecular flexibility index (Phi) is 6.05. The van der Waals surface area contributed by atoms with Crippen molar-refractivity contribution in [3.63, 3.8) is 0 Å². The first-order chi connectivity index (χ1) is 10.1. The second-order valence-electron chi connectivity index (χ2n) is 5.68. The van der Waals surface area contributed by atoms with Crippen molar-refractivity contribution in [3.05, 3.63) is 32.8 Å². The molecule has 0 heterocycles. The van der Waals surface area contributed by atoms with Crippen LogP contribution >= 0.6 is 31.9 Å². The molecule has 1 fully saturated rings. The van der Waals surface area contributed by atoms with Crippen molar-refractivity contribution in [1.82, 2.24) is 0 Å². The van der Waals surface area contributed by atoms with Crippen LogP contribution in [0.2, 0.25) is 0 Å². The highest BCUT2D eigenvalue weighted by atomic mass is 79.9. The van der Waals surface area contributed by atoms with Gasteiger partial charge in [0.25, 0.3) is 0 Å². The van der Waals surface area contributed by atoms with Gasteiger partial charge in [0.1, 0.15) is 0 Å². The maximum atomic E-state index is 11.1. The lowest BCUT2D eigenvalue weighted by Gasteiger charge is -2.30. The standard InChI is InChI=1S/C15H19Br2NO3/c16-10-15(8-3-1-2-4-9-15)11-21-14-12(17)6-5-7-13(14)18(19)20/h5-7H,1-4,8-11H2. The van der Waals surface area contributed by atoms with Crippen LogP contribution in [0, 0.1) is 15.5 Å². The molecule has 2 rings (SSSR count). The topological polar surface area (TPSA) is 52.4 Å². The number of nitro benzene ring substituents is 1. The number of ether oxygens (including phenoxy) is 1. The molecule has 116 valence electrons. The molecule has 0 radical (unpaired) electrons. The van der Waals surface area contributed by atoms with E-state index in [1.54, 1.807) is 12.1 Å². The van der Waals surface area contributed by atoms with E-state index in [2.05, 4.69) is 31.9 Å². The van der Waals surface area contributed by atoms with Gasteiger partial charge < -0.3 is 4.74 Å². The minimum atomic E-state index is -0.395. The Morgan fingerprint density at radius 1 is 1.24 bits per heavy atom. The van der Waals surface area contributed by atoms with Crippen LogP contribution in [0.4, 0.5) is 5.69 Å². The molecule has 1 aliphatic rings. The summed E-state index contributed by atoms with van der Waals surface area (Å²) in [6, 6.07) is 4.91. The number of benzene rings is 1. The van der Waals surface area contributed by atoms with E-state index in [9.17, 15) is 10.1 Å². The summed E-state index contributed by atoms with van der Waals surface area (Å²) in [5.41, 5.74) is 0.0994. The number of nitro groups is 1. The van der Waals surface area contributed by atoms with Crippen molar-refractivity contribution in [3.8, 4) is 5.75 Å². The third kappa shape index (κ3) is 4.19. The molecule has 4 nitrogen and oxygen atoms in total. The Labute approximate surface area is 141 Å². The molecule has 0 aliphatic heterocycles. The maximum Gasteiger partial charge on any atom is 0.312 e. The molecule has 1 saturated carbocycles. The van der Waals surface area contributed by atoms with Gasteiger partial charge in [-0.2, -0.15) is 0 Å². The van der Waals surface area contributed by atoms with Crippen molar-refractivity contribution in [2.45, 2.75) is 38.5 Å². The molecule has 1 aromatic carbocycles. The molecular weight excluding hydrogens is 402 g/mol. The first-order valence-electron chi connectivity index (χ1n) is 7.20. The zero-order valence-corrected chi connectivity index (χ0v) is 15.0. The lowest BCUT2D eigenvalue weighted by atomic mass is 9.83. The number of hydrogen-bond donors (Lipinski definition) is 0. The molecule has 0 spiro atoms. The monoisotopic (exact) mass is 419 g/mol. The maximum absolute atomic E-state index is 11.1. The Morgan fingerprint density at radius 2 is 1.90 bits per heavy atom. The molecule has 0 saturated heterocycles. The highest BCUT2D eigenvalue weighted by Crippen LogP contribution is 2.40. The fourth-order valence-electron chi connectivity index (χ4n) is 2.80. The van der Waals surface area contributed by atoms with Gasteiger partial charge in [0.2, 0.25) is 5.75 Å². The van der Waals surface area contributed by atoms with Gasteiger partial charge in [-0.3, -0.25) is 10.1 Å². The van der Waals surface area contributed by atoms with Crippen molar-refractivity contribution >= 4 is 37.5 Å². The van der Waals surface area contributed by atoms with Crippen molar-refractivity contribution < 1.29 is 9.66 Å². The van der Waals surface area contributed by atoms with Gasteiger partial charge >= 0.3 is 5.69 Å². The van der Waals surface area contributed by atoms with E-state index >= 15 is 0 Å². The summed E-state index contributed by atoms with van der Waals surface area (Å²) in [5.74, 6) is 0.340. The molecule has 0 atom stereocenters. The number of hydrogen-bond acceptors (Lipinski definition) is 3. The minimum absolute atomic E-state index is 0.0164. The molecule has 1 aliphatic carbocycles. The molecular formula is C15H19Br2NO3. The van der Waals surface area contributed by atoms with Crippen molar-refractivity contribution in [2.24, 2.45) is 5.41 Å². The summed E-state index contributed by atoms with van der Waals surface area (Å²) in [6.07, 6.45) is 7.15. The zero-order chi connectivity index (χ0) is 15.3. The van der Waals surface area contributed by atoms with Gasteiger partial charge in [-0.05, 0) is 34.8 Å². The van der Waals surface area contributed by atoms with Gasteiger partial charge in [-0.15, -0.1) is 0 Å². The van der Waals surface area contributed by atoms with Crippen LogP contribution in [0.15, 0.2) is 22.7 Å². The lowest BCUT2D eigenvalue weighted by Crippen LogP contribution is -2.30. The summed E-state index contributed by atoms with van der Waals surface area (Å²) >= 11 is 6.97. The van der Waals surface area contributed by atoms with E-state index in [-0.39, 0.29) is 11.1 Å². The van der Waals surface area contributed by atoms with E-state index in [0.29, 0.717) is 16.8 Å². The number of para-hydroxylation sites is 1. The summed E-state index contributed by atoms with van der Waals surface area (Å²) < 4.78 is 6.53. The summed E-state index contributed by atoms with van der Waals surface area (Å²) in [6.45, 7) is 0.516. The van der Waals surface area contributed by atoms with E-state index in [0.717, 1.165) is 18.2 Å². The quantitative estimate of drug-likeness (QED) is 0.274. The van der Waals surface area contributed by atoms with Crippen molar-refractivity contribution in [1.29, 1.82) is 0 Å². The Morgan fingerprint density at radius 3 is 2.48 bits per heavy atom. The molecule has 6 heteroatoms. The summed E-state index contributed by atoms with van der Waals surface area (Å²) in [5, 5.41) is 12.0. The van der Waals surface area contributed by atoms with Gasteiger partial charge in [0.05, 0.1) is 16.0 Å². The number of rotatable bonds is 5. The normalized spacial score (nSPS) is 18.0. The van der Waals surface area contributed by atoms with Crippen LogP contribution in [0.5, 0.6) is 5.75 Å². The third-order valence-electron chi connectivity index (χ3n) is 4.11. The lowest BCUT2D eigenvalue weighted by molar-refractivity contribution is -0.386. The molecule has 0 unspecified atom stereocenters. The average Bonchev–Trinajstić information content (AvgIpc) is 2.72. The zero-order valence-electron chi connectivity index (χ0n) is 11.8.